The standard InChI is InChI=1S/C12H11F3N4O2/c13-8-1-2-9(12(15)11(8)14)16-10(21)6-19-5-7(3-4-20)17-18-19/h1-2,5,20H,3-4,6H2,(H,16,21). The summed E-state index contributed by atoms with van der Waals surface area (Å²) >= 11 is 0. The number of rotatable bonds is 5. The highest BCUT2D eigenvalue weighted by Crippen LogP contribution is 2.19. The number of aliphatic hydroxyl groups is 1. The first kappa shape index (κ1) is 15.0. The van der Waals surface area contributed by atoms with E-state index in [-0.39, 0.29) is 13.2 Å². The van der Waals surface area contributed by atoms with Gasteiger partial charge in [-0.3, -0.25) is 4.79 Å². The Balaban J connectivity index is 2.03. The highest BCUT2D eigenvalue weighted by Gasteiger charge is 2.15. The quantitative estimate of drug-likeness (QED) is 0.803. The van der Waals surface area contributed by atoms with Crippen LogP contribution in [0.2, 0.25) is 0 Å². The molecule has 112 valence electrons. The average Bonchev–Trinajstić information content (AvgIpc) is 2.87. The molecule has 0 aliphatic heterocycles. The highest BCUT2D eigenvalue weighted by molar-refractivity contribution is 5.90. The predicted octanol–water partition coefficient (Wildman–Crippen LogP) is 0.869. The van der Waals surface area contributed by atoms with Crippen molar-refractivity contribution in [3.8, 4) is 0 Å². The molecule has 0 aliphatic carbocycles. The Kier molecular flexibility index (Phi) is 4.53. The summed E-state index contributed by atoms with van der Waals surface area (Å²) < 4.78 is 40.3. The van der Waals surface area contributed by atoms with E-state index in [0.717, 1.165) is 6.07 Å². The third-order valence-electron chi connectivity index (χ3n) is 2.57. The van der Waals surface area contributed by atoms with E-state index in [1.807, 2.05) is 0 Å². The van der Waals surface area contributed by atoms with Gasteiger partial charge in [0, 0.05) is 19.2 Å². The Morgan fingerprint density at radius 3 is 2.76 bits per heavy atom. The van der Waals surface area contributed by atoms with E-state index < -0.39 is 29.0 Å². The van der Waals surface area contributed by atoms with Crippen molar-refractivity contribution in [2.24, 2.45) is 0 Å². The molecule has 0 aliphatic rings. The van der Waals surface area contributed by atoms with E-state index >= 15 is 0 Å². The molecular formula is C12H11F3N4O2. The lowest BCUT2D eigenvalue weighted by Crippen LogP contribution is -2.20. The van der Waals surface area contributed by atoms with Crippen molar-refractivity contribution in [3.05, 3.63) is 41.5 Å². The summed E-state index contributed by atoms with van der Waals surface area (Å²) in [7, 11) is 0. The number of nitrogens with one attached hydrogen (secondary N) is 1. The van der Waals surface area contributed by atoms with Crippen LogP contribution in [-0.2, 0) is 17.8 Å². The van der Waals surface area contributed by atoms with Crippen molar-refractivity contribution in [3.63, 3.8) is 0 Å². The number of amides is 1. The van der Waals surface area contributed by atoms with Crippen molar-refractivity contribution in [1.29, 1.82) is 0 Å². The van der Waals surface area contributed by atoms with Gasteiger partial charge >= 0.3 is 0 Å². The molecule has 0 bridgehead atoms. The van der Waals surface area contributed by atoms with Gasteiger partial charge in [-0.15, -0.1) is 5.10 Å². The lowest BCUT2D eigenvalue weighted by molar-refractivity contribution is -0.117. The topological polar surface area (TPSA) is 80.0 Å². The predicted molar refractivity (Wildman–Crippen MR) is 65.8 cm³/mol. The van der Waals surface area contributed by atoms with Gasteiger partial charge in [0.25, 0.3) is 0 Å². The molecule has 0 saturated heterocycles. The summed E-state index contributed by atoms with van der Waals surface area (Å²) in [6.45, 7) is -0.387. The SMILES string of the molecule is O=C(Cn1cc(CCO)nn1)Nc1ccc(F)c(F)c1F. The van der Waals surface area contributed by atoms with Crippen LogP contribution in [0.15, 0.2) is 18.3 Å². The monoisotopic (exact) mass is 300 g/mol. The zero-order chi connectivity index (χ0) is 15.4. The van der Waals surface area contributed by atoms with E-state index in [9.17, 15) is 18.0 Å². The fourth-order valence-corrected chi connectivity index (χ4v) is 1.60. The molecule has 2 aromatic rings. The van der Waals surface area contributed by atoms with Crippen LogP contribution in [0.4, 0.5) is 18.9 Å². The zero-order valence-electron chi connectivity index (χ0n) is 10.7. The Labute approximate surface area is 117 Å². The fraction of sp³-hybridized carbons (Fsp3) is 0.250. The number of aromatic nitrogens is 3. The van der Waals surface area contributed by atoms with Crippen LogP contribution in [-0.4, -0.2) is 32.6 Å². The number of benzene rings is 1. The van der Waals surface area contributed by atoms with Crippen LogP contribution in [0.1, 0.15) is 5.69 Å². The van der Waals surface area contributed by atoms with Gasteiger partial charge in [0.1, 0.15) is 6.54 Å². The fourth-order valence-electron chi connectivity index (χ4n) is 1.60. The minimum absolute atomic E-state index is 0.106. The molecule has 2 N–H and O–H groups in total. The van der Waals surface area contributed by atoms with E-state index in [1.165, 1.54) is 10.9 Å². The zero-order valence-corrected chi connectivity index (χ0v) is 10.7. The Hall–Kier alpha value is -2.42. The summed E-state index contributed by atoms with van der Waals surface area (Å²) in [5, 5.41) is 18.2. The van der Waals surface area contributed by atoms with Crippen LogP contribution in [0, 0.1) is 17.5 Å². The summed E-state index contributed by atoms with van der Waals surface area (Å²) in [5.41, 5.74) is 0.0268. The first-order valence-electron chi connectivity index (χ1n) is 5.94. The molecule has 0 saturated carbocycles. The summed E-state index contributed by atoms with van der Waals surface area (Å²) in [5.74, 6) is -5.14. The first-order chi connectivity index (χ1) is 10.0. The number of hydrogen-bond donors (Lipinski definition) is 2. The number of hydrogen-bond acceptors (Lipinski definition) is 4. The number of nitrogens with zero attached hydrogens (tertiary/aromatic N) is 3. The Bertz CT molecular complexity index is 660. The van der Waals surface area contributed by atoms with Crippen LogP contribution in [0.3, 0.4) is 0 Å². The van der Waals surface area contributed by atoms with Gasteiger partial charge in [-0.2, -0.15) is 0 Å². The highest BCUT2D eigenvalue weighted by atomic mass is 19.2. The molecule has 2 rings (SSSR count). The number of halogens is 3. The van der Waals surface area contributed by atoms with Gasteiger partial charge in [0.15, 0.2) is 17.5 Å². The third-order valence-corrected chi connectivity index (χ3v) is 2.57. The molecule has 0 unspecified atom stereocenters. The number of aliphatic hydroxyl groups excluding tert-OH is 1. The van der Waals surface area contributed by atoms with Crippen LogP contribution < -0.4 is 5.32 Å². The van der Waals surface area contributed by atoms with Gasteiger partial charge in [-0.25, -0.2) is 17.9 Å². The minimum Gasteiger partial charge on any atom is -0.396 e. The Morgan fingerprint density at radius 2 is 2.05 bits per heavy atom. The molecule has 1 heterocycles. The second-order valence-electron chi connectivity index (χ2n) is 4.15. The molecule has 1 aromatic carbocycles. The molecular weight excluding hydrogens is 289 g/mol. The first-order valence-corrected chi connectivity index (χ1v) is 5.94. The van der Waals surface area contributed by atoms with Crippen molar-refractivity contribution < 1.29 is 23.1 Å². The number of carbonyl (C=O) groups is 1. The molecule has 9 heteroatoms. The van der Waals surface area contributed by atoms with Crippen LogP contribution in [0.5, 0.6) is 0 Å². The molecule has 21 heavy (non-hydrogen) atoms. The second-order valence-corrected chi connectivity index (χ2v) is 4.15. The van der Waals surface area contributed by atoms with E-state index in [0.29, 0.717) is 18.2 Å². The average molecular weight is 300 g/mol. The third kappa shape index (κ3) is 3.57. The molecule has 6 nitrogen and oxygen atoms in total. The largest absolute Gasteiger partial charge is 0.396 e. The minimum atomic E-state index is -1.65. The molecule has 0 radical (unpaired) electrons. The Morgan fingerprint density at radius 1 is 1.29 bits per heavy atom. The van der Waals surface area contributed by atoms with Crippen molar-refractivity contribution in [2.75, 3.05) is 11.9 Å². The van der Waals surface area contributed by atoms with Gasteiger partial charge in [-0.05, 0) is 12.1 Å². The van der Waals surface area contributed by atoms with Gasteiger partial charge < -0.3 is 10.4 Å². The number of carbonyl (C=O) groups excluding carboxylic acids is 1. The second kappa shape index (κ2) is 6.35. The maximum absolute atomic E-state index is 13.4. The summed E-state index contributed by atoms with van der Waals surface area (Å²) in [4.78, 5) is 11.7. The molecule has 0 spiro atoms. The lowest BCUT2D eigenvalue weighted by Gasteiger charge is -2.07. The van der Waals surface area contributed by atoms with Crippen molar-refractivity contribution in [2.45, 2.75) is 13.0 Å². The van der Waals surface area contributed by atoms with E-state index in [2.05, 4.69) is 15.6 Å². The van der Waals surface area contributed by atoms with Gasteiger partial charge in [-0.1, -0.05) is 5.21 Å². The van der Waals surface area contributed by atoms with Crippen molar-refractivity contribution in [1.82, 2.24) is 15.0 Å². The summed E-state index contributed by atoms with van der Waals surface area (Å²) in [6, 6.07) is 1.63. The van der Waals surface area contributed by atoms with Crippen molar-refractivity contribution >= 4 is 11.6 Å². The van der Waals surface area contributed by atoms with E-state index in [4.69, 9.17) is 5.11 Å². The molecule has 0 fully saturated rings. The summed E-state index contributed by atoms with van der Waals surface area (Å²) in [6.07, 6.45) is 1.73. The number of anilines is 1. The molecule has 0 atom stereocenters. The maximum Gasteiger partial charge on any atom is 0.246 e. The maximum atomic E-state index is 13.4. The van der Waals surface area contributed by atoms with Crippen LogP contribution in [0.25, 0.3) is 0 Å². The van der Waals surface area contributed by atoms with Gasteiger partial charge in [0.2, 0.25) is 5.91 Å². The van der Waals surface area contributed by atoms with Crippen LogP contribution >= 0.6 is 0 Å². The molecule has 1 amide bonds. The van der Waals surface area contributed by atoms with E-state index in [1.54, 1.807) is 0 Å². The smallest absolute Gasteiger partial charge is 0.246 e. The van der Waals surface area contributed by atoms with Gasteiger partial charge in [0.05, 0.1) is 11.4 Å². The lowest BCUT2D eigenvalue weighted by atomic mass is 10.2. The normalized spacial score (nSPS) is 10.7. The molecule has 1 aromatic heterocycles.